The van der Waals surface area contributed by atoms with Crippen LogP contribution in [-0.2, 0) is 0 Å². The molecule has 0 radical (unpaired) electrons. The summed E-state index contributed by atoms with van der Waals surface area (Å²) in [5, 5.41) is 9.90. The Morgan fingerprint density at radius 3 is 2.29 bits per heavy atom. The van der Waals surface area contributed by atoms with Crippen molar-refractivity contribution < 1.29 is 5.11 Å². The summed E-state index contributed by atoms with van der Waals surface area (Å²) in [6.07, 6.45) is 6.37. The molecule has 2 nitrogen and oxygen atoms in total. The van der Waals surface area contributed by atoms with E-state index >= 15 is 0 Å². The highest BCUT2D eigenvalue weighted by molar-refractivity contribution is 4.72. The van der Waals surface area contributed by atoms with E-state index in [0.717, 1.165) is 32.0 Å². The molecule has 1 rings (SSSR count). The van der Waals surface area contributed by atoms with Crippen LogP contribution in [0.2, 0.25) is 0 Å². The first-order chi connectivity index (χ1) is 6.76. The number of aliphatic hydroxyl groups is 1. The minimum atomic E-state index is -0.0991. The molecule has 1 aliphatic carbocycles. The van der Waals surface area contributed by atoms with Crippen molar-refractivity contribution in [3.8, 4) is 0 Å². The fraction of sp³-hybridized carbons (Fsp3) is 1.00. The highest BCUT2D eigenvalue weighted by Crippen LogP contribution is 2.28. The molecule has 0 bridgehead atoms. The van der Waals surface area contributed by atoms with Gasteiger partial charge < -0.3 is 10.0 Å². The molecule has 1 aliphatic rings. The van der Waals surface area contributed by atoms with Crippen molar-refractivity contribution >= 4 is 0 Å². The van der Waals surface area contributed by atoms with Gasteiger partial charge in [-0.3, -0.25) is 0 Å². The fourth-order valence-corrected chi connectivity index (χ4v) is 2.49. The van der Waals surface area contributed by atoms with Crippen LogP contribution in [0.25, 0.3) is 0 Å². The molecule has 1 unspecified atom stereocenters. The van der Waals surface area contributed by atoms with E-state index < -0.39 is 0 Å². The highest BCUT2D eigenvalue weighted by Gasteiger charge is 2.19. The first-order valence-electron chi connectivity index (χ1n) is 6.16. The van der Waals surface area contributed by atoms with E-state index in [9.17, 15) is 5.11 Å². The largest absolute Gasteiger partial charge is 0.392 e. The van der Waals surface area contributed by atoms with E-state index in [1.54, 1.807) is 0 Å². The summed E-state index contributed by atoms with van der Waals surface area (Å²) in [6.45, 7) is 7.29. The number of likely N-dealkylation sites (N-methyl/N-ethyl adjacent to an activating group) is 1. The predicted molar refractivity (Wildman–Crippen MR) is 60.4 cm³/mol. The van der Waals surface area contributed by atoms with Crippen LogP contribution in [0.1, 0.15) is 46.0 Å². The van der Waals surface area contributed by atoms with E-state index in [-0.39, 0.29) is 6.10 Å². The van der Waals surface area contributed by atoms with Crippen molar-refractivity contribution in [3.05, 3.63) is 0 Å². The minimum Gasteiger partial charge on any atom is -0.392 e. The third-order valence-corrected chi connectivity index (χ3v) is 3.44. The molecule has 0 heterocycles. The molecule has 0 spiro atoms. The Hall–Kier alpha value is -0.0800. The lowest BCUT2D eigenvalue weighted by molar-refractivity contribution is 0.0957. The van der Waals surface area contributed by atoms with Crippen molar-refractivity contribution in [3.63, 3.8) is 0 Å². The van der Waals surface area contributed by atoms with Gasteiger partial charge in [0, 0.05) is 6.54 Å². The molecule has 0 saturated heterocycles. The van der Waals surface area contributed by atoms with Crippen molar-refractivity contribution in [2.45, 2.75) is 52.1 Å². The Morgan fingerprint density at radius 2 is 1.79 bits per heavy atom. The number of rotatable bonds is 6. The molecule has 1 atom stereocenters. The number of hydrogen-bond acceptors (Lipinski definition) is 2. The normalized spacial score (nSPS) is 20.6. The summed E-state index contributed by atoms with van der Waals surface area (Å²) in [6, 6.07) is 0. The van der Waals surface area contributed by atoms with Crippen LogP contribution >= 0.6 is 0 Å². The van der Waals surface area contributed by atoms with Gasteiger partial charge in [-0.15, -0.1) is 0 Å². The molecule has 2 heteroatoms. The Balaban J connectivity index is 2.16. The average Bonchev–Trinajstić information content (AvgIpc) is 2.66. The number of nitrogens with zero attached hydrogens (tertiary/aromatic N) is 1. The second-order valence-electron chi connectivity index (χ2n) is 4.53. The van der Waals surface area contributed by atoms with Crippen LogP contribution in [0, 0.1) is 5.92 Å². The van der Waals surface area contributed by atoms with Gasteiger partial charge >= 0.3 is 0 Å². The maximum absolute atomic E-state index is 9.90. The maximum Gasteiger partial charge on any atom is 0.0669 e. The Labute approximate surface area is 88.3 Å². The summed E-state index contributed by atoms with van der Waals surface area (Å²) in [7, 11) is 0. The molecule has 0 aliphatic heterocycles. The third-order valence-electron chi connectivity index (χ3n) is 3.44. The summed E-state index contributed by atoms with van der Waals surface area (Å²) in [5.74, 6) is 0.806. The van der Waals surface area contributed by atoms with Crippen LogP contribution in [0.3, 0.4) is 0 Å². The van der Waals surface area contributed by atoms with Crippen LogP contribution in [0.15, 0.2) is 0 Å². The lowest BCUT2D eigenvalue weighted by Gasteiger charge is -2.23. The van der Waals surface area contributed by atoms with Gasteiger partial charge in [-0.25, -0.2) is 0 Å². The second-order valence-corrected chi connectivity index (χ2v) is 4.53. The molecule has 0 aromatic heterocycles. The zero-order chi connectivity index (χ0) is 10.4. The van der Waals surface area contributed by atoms with E-state index in [1.165, 1.54) is 25.7 Å². The predicted octanol–water partition coefficient (Wildman–Crippen LogP) is 2.27. The molecular formula is C12H25NO. The first-order valence-corrected chi connectivity index (χ1v) is 6.16. The SMILES string of the molecule is CCN(CC)CC(O)CC1CCCC1. The maximum atomic E-state index is 9.90. The van der Waals surface area contributed by atoms with Gasteiger partial charge in [-0.05, 0) is 25.4 Å². The van der Waals surface area contributed by atoms with Gasteiger partial charge in [-0.1, -0.05) is 39.5 Å². The van der Waals surface area contributed by atoms with Gasteiger partial charge in [-0.2, -0.15) is 0 Å². The molecule has 1 fully saturated rings. The van der Waals surface area contributed by atoms with Crippen LogP contribution in [0.4, 0.5) is 0 Å². The summed E-state index contributed by atoms with van der Waals surface area (Å²) < 4.78 is 0. The average molecular weight is 199 g/mol. The van der Waals surface area contributed by atoms with E-state index in [0.29, 0.717) is 0 Å². The molecule has 14 heavy (non-hydrogen) atoms. The third kappa shape index (κ3) is 3.97. The Bertz CT molecular complexity index is 135. The van der Waals surface area contributed by atoms with Gasteiger partial charge in [0.15, 0.2) is 0 Å². The number of aliphatic hydroxyl groups excluding tert-OH is 1. The fourth-order valence-electron chi connectivity index (χ4n) is 2.49. The zero-order valence-corrected chi connectivity index (χ0v) is 9.71. The van der Waals surface area contributed by atoms with E-state index in [1.807, 2.05) is 0 Å². The highest BCUT2D eigenvalue weighted by atomic mass is 16.3. The van der Waals surface area contributed by atoms with Crippen molar-refractivity contribution in [1.82, 2.24) is 4.90 Å². The summed E-state index contributed by atoms with van der Waals surface area (Å²) >= 11 is 0. The molecule has 1 saturated carbocycles. The zero-order valence-electron chi connectivity index (χ0n) is 9.71. The van der Waals surface area contributed by atoms with Gasteiger partial charge in [0.2, 0.25) is 0 Å². The first kappa shape index (κ1) is 12.0. The minimum absolute atomic E-state index is 0.0991. The molecule has 0 aromatic rings. The number of hydrogen-bond donors (Lipinski definition) is 1. The van der Waals surface area contributed by atoms with Gasteiger partial charge in [0.25, 0.3) is 0 Å². The van der Waals surface area contributed by atoms with E-state index in [2.05, 4.69) is 18.7 Å². The van der Waals surface area contributed by atoms with Gasteiger partial charge in [0.1, 0.15) is 0 Å². The van der Waals surface area contributed by atoms with Crippen molar-refractivity contribution in [2.24, 2.45) is 5.92 Å². The van der Waals surface area contributed by atoms with Gasteiger partial charge in [0.05, 0.1) is 6.10 Å². The second kappa shape index (κ2) is 6.41. The summed E-state index contributed by atoms with van der Waals surface area (Å²) in [5.41, 5.74) is 0. The standard InChI is InChI=1S/C12H25NO/c1-3-13(4-2)10-12(14)9-11-7-5-6-8-11/h11-12,14H,3-10H2,1-2H3. The Kier molecular flexibility index (Phi) is 5.49. The van der Waals surface area contributed by atoms with E-state index in [4.69, 9.17) is 0 Å². The van der Waals surface area contributed by atoms with Crippen molar-refractivity contribution in [2.75, 3.05) is 19.6 Å². The lowest BCUT2D eigenvalue weighted by atomic mass is 10.00. The molecule has 0 aromatic carbocycles. The molecule has 1 N–H and O–H groups in total. The van der Waals surface area contributed by atoms with Crippen LogP contribution < -0.4 is 0 Å². The monoisotopic (exact) mass is 199 g/mol. The molecular weight excluding hydrogens is 174 g/mol. The van der Waals surface area contributed by atoms with Crippen LogP contribution in [-0.4, -0.2) is 35.7 Å². The molecule has 84 valence electrons. The quantitative estimate of drug-likeness (QED) is 0.709. The summed E-state index contributed by atoms with van der Waals surface area (Å²) in [4.78, 5) is 2.31. The van der Waals surface area contributed by atoms with Crippen LogP contribution in [0.5, 0.6) is 0 Å². The molecule has 0 amide bonds. The smallest absolute Gasteiger partial charge is 0.0669 e. The Morgan fingerprint density at radius 1 is 1.21 bits per heavy atom. The lowest BCUT2D eigenvalue weighted by Crippen LogP contribution is -2.33. The topological polar surface area (TPSA) is 23.5 Å². The van der Waals surface area contributed by atoms with Crippen molar-refractivity contribution in [1.29, 1.82) is 0 Å².